The van der Waals surface area contributed by atoms with E-state index in [9.17, 15) is 14.0 Å². The summed E-state index contributed by atoms with van der Waals surface area (Å²) < 4.78 is 18.0. The Kier molecular flexibility index (Phi) is 4.43. The zero-order chi connectivity index (χ0) is 14.4. The number of hydrogen-bond acceptors (Lipinski definition) is 4. The van der Waals surface area contributed by atoms with Crippen LogP contribution in [0.2, 0.25) is 0 Å². The summed E-state index contributed by atoms with van der Waals surface area (Å²) in [7, 11) is 0. The highest BCUT2D eigenvalue weighted by Crippen LogP contribution is 2.10. The topological polar surface area (TPSA) is 84.1 Å². The number of carbonyl (C=O) groups excluding carboxylic acids is 1. The normalized spacial score (nSPS) is 10.1. The van der Waals surface area contributed by atoms with E-state index < -0.39 is 5.91 Å². The molecule has 0 unspecified atom stereocenters. The number of ether oxygens (including phenoxy) is 1. The van der Waals surface area contributed by atoms with Crippen LogP contribution in [0.4, 0.5) is 4.39 Å². The Morgan fingerprint density at radius 2 is 2.00 bits per heavy atom. The quantitative estimate of drug-likeness (QED) is 0.789. The number of amides is 1. The highest BCUT2D eigenvalue weighted by atomic mass is 19.1. The smallest absolute Gasteiger partial charge is 0.271 e. The Hall–Kier alpha value is -2.70. The SMILES string of the molecule is O=C(NCCOc1ccc(F)cc1)c1ccc(=O)[nH]n1. The van der Waals surface area contributed by atoms with Crippen molar-refractivity contribution in [3.05, 3.63) is 58.3 Å². The van der Waals surface area contributed by atoms with Crippen LogP contribution in [0.3, 0.4) is 0 Å². The molecule has 0 aliphatic carbocycles. The van der Waals surface area contributed by atoms with Gasteiger partial charge in [-0.05, 0) is 30.3 Å². The molecule has 0 saturated heterocycles. The molecule has 0 bridgehead atoms. The number of halogens is 1. The molecule has 0 atom stereocenters. The van der Waals surface area contributed by atoms with E-state index in [0.717, 1.165) is 0 Å². The standard InChI is InChI=1S/C13H12FN3O3/c14-9-1-3-10(4-2-9)20-8-7-15-13(19)11-5-6-12(18)17-16-11/h1-6H,7-8H2,(H,15,19)(H,17,18). The molecule has 1 heterocycles. The molecule has 20 heavy (non-hydrogen) atoms. The van der Waals surface area contributed by atoms with E-state index in [2.05, 4.69) is 15.5 Å². The van der Waals surface area contributed by atoms with Gasteiger partial charge in [-0.3, -0.25) is 9.59 Å². The summed E-state index contributed by atoms with van der Waals surface area (Å²) in [6.45, 7) is 0.498. The highest BCUT2D eigenvalue weighted by molar-refractivity contribution is 5.91. The first kappa shape index (κ1) is 13.7. The van der Waals surface area contributed by atoms with Gasteiger partial charge in [-0.1, -0.05) is 0 Å². The van der Waals surface area contributed by atoms with Crippen molar-refractivity contribution < 1.29 is 13.9 Å². The summed E-state index contributed by atoms with van der Waals surface area (Å²) in [5, 5.41) is 8.34. The van der Waals surface area contributed by atoms with Gasteiger partial charge in [-0.15, -0.1) is 0 Å². The van der Waals surface area contributed by atoms with Crippen molar-refractivity contribution in [2.45, 2.75) is 0 Å². The summed E-state index contributed by atoms with van der Waals surface area (Å²) in [6.07, 6.45) is 0. The van der Waals surface area contributed by atoms with Crippen molar-refractivity contribution >= 4 is 5.91 Å². The fourth-order valence-electron chi connectivity index (χ4n) is 1.43. The fraction of sp³-hybridized carbons (Fsp3) is 0.154. The lowest BCUT2D eigenvalue weighted by molar-refractivity contribution is 0.0941. The van der Waals surface area contributed by atoms with Crippen molar-refractivity contribution in [2.75, 3.05) is 13.2 Å². The van der Waals surface area contributed by atoms with Crippen LogP contribution < -0.4 is 15.6 Å². The Labute approximate surface area is 113 Å². The van der Waals surface area contributed by atoms with Crippen molar-refractivity contribution in [3.8, 4) is 5.75 Å². The van der Waals surface area contributed by atoms with Crippen molar-refractivity contribution in [2.24, 2.45) is 0 Å². The van der Waals surface area contributed by atoms with Crippen LogP contribution in [-0.4, -0.2) is 29.3 Å². The van der Waals surface area contributed by atoms with Gasteiger partial charge in [0.15, 0.2) is 0 Å². The van der Waals surface area contributed by atoms with Gasteiger partial charge in [0.05, 0.1) is 6.54 Å². The average molecular weight is 277 g/mol. The highest BCUT2D eigenvalue weighted by Gasteiger charge is 2.06. The second kappa shape index (κ2) is 6.46. The van der Waals surface area contributed by atoms with Gasteiger partial charge < -0.3 is 10.1 Å². The predicted molar refractivity (Wildman–Crippen MR) is 69.1 cm³/mol. The Bertz CT molecular complexity index is 620. The lowest BCUT2D eigenvalue weighted by Crippen LogP contribution is -2.29. The van der Waals surface area contributed by atoms with Gasteiger partial charge in [0.1, 0.15) is 23.9 Å². The van der Waals surface area contributed by atoms with E-state index in [0.29, 0.717) is 5.75 Å². The molecule has 6 nitrogen and oxygen atoms in total. The molecule has 1 aromatic heterocycles. The number of rotatable bonds is 5. The average Bonchev–Trinajstić information content (AvgIpc) is 2.46. The first-order valence-electron chi connectivity index (χ1n) is 5.87. The van der Waals surface area contributed by atoms with E-state index >= 15 is 0 Å². The summed E-state index contributed by atoms with van der Waals surface area (Å²) >= 11 is 0. The number of aromatic nitrogens is 2. The first-order chi connectivity index (χ1) is 9.65. The lowest BCUT2D eigenvalue weighted by Gasteiger charge is -2.07. The van der Waals surface area contributed by atoms with Gasteiger partial charge in [-0.2, -0.15) is 5.10 Å². The van der Waals surface area contributed by atoms with Gasteiger partial charge in [0.2, 0.25) is 0 Å². The maximum atomic E-state index is 12.7. The molecule has 0 fully saturated rings. The van der Waals surface area contributed by atoms with Gasteiger partial charge in [-0.25, -0.2) is 9.49 Å². The molecular weight excluding hydrogens is 265 g/mol. The number of nitrogens with zero attached hydrogens (tertiary/aromatic N) is 1. The monoisotopic (exact) mass is 277 g/mol. The Morgan fingerprint density at radius 3 is 2.65 bits per heavy atom. The van der Waals surface area contributed by atoms with Gasteiger partial charge in [0, 0.05) is 6.07 Å². The van der Waals surface area contributed by atoms with E-state index in [4.69, 9.17) is 4.74 Å². The Balaban J connectivity index is 1.75. The molecule has 1 amide bonds. The largest absolute Gasteiger partial charge is 0.492 e. The number of nitrogens with one attached hydrogen (secondary N) is 2. The van der Waals surface area contributed by atoms with Crippen LogP contribution in [0.1, 0.15) is 10.5 Å². The van der Waals surface area contributed by atoms with Crippen LogP contribution in [0, 0.1) is 5.82 Å². The second-order valence-corrected chi connectivity index (χ2v) is 3.86. The summed E-state index contributed by atoms with van der Waals surface area (Å²) in [4.78, 5) is 22.4. The van der Waals surface area contributed by atoms with Crippen molar-refractivity contribution in [1.82, 2.24) is 15.5 Å². The van der Waals surface area contributed by atoms with Crippen LogP contribution in [0.25, 0.3) is 0 Å². The van der Waals surface area contributed by atoms with Gasteiger partial charge >= 0.3 is 0 Å². The van der Waals surface area contributed by atoms with Crippen molar-refractivity contribution in [1.29, 1.82) is 0 Å². The second-order valence-electron chi connectivity index (χ2n) is 3.86. The summed E-state index contributed by atoms with van der Waals surface area (Å²) in [6, 6.07) is 8.13. The third kappa shape index (κ3) is 3.91. The molecule has 0 aliphatic rings. The van der Waals surface area contributed by atoms with E-state index in [1.807, 2.05) is 0 Å². The first-order valence-corrected chi connectivity index (χ1v) is 5.87. The predicted octanol–water partition coefficient (Wildman–Crippen LogP) is 0.718. The molecule has 7 heteroatoms. The molecular formula is C13H12FN3O3. The van der Waals surface area contributed by atoms with E-state index in [1.165, 1.54) is 36.4 Å². The van der Waals surface area contributed by atoms with Crippen LogP contribution in [0.15, 0.2) is 41.2 Å². The third-order valence-corrected chi connectivity index (χ3v) is 2.38. The number of aromatic amines is 1. The molecule has 1 aromatic carbocycles. The molecule has 2 N–H and O–H groups in total. The van der Waals surface area contributed by atoms with Crippen molar-refractivity contribution in [3.63, 3.8) is 0 Å². The minimum atomic E-state index is -0.413. The van der Waals surface area contributed by atoms with E-state index in [1.54, 1.807) is 0 Å². The zero-order valence-electron chi connectivity index (χ0n) is 10.4. The molecule has 0 spiro atoms. The zero-order valence-corrected chi connectivity index (χ0v) is 10.4. The minimum absolute atomic E-state index is 0.117. The third-order valence-electron chi connectivity index (χ3n) is 2.38. The molecule has 104 valence electrons. The van der Waals surface area contributed by atoms with Crippen LogP contribution in [-0.2, 0) is 0 Å². The molecule has 0 radical (unpaired) electrons. The van der Waals surface area contributed by atoms with E-state index in [-0.39, 0.29) is 30.2 Å². The Morgan fingerprint density at radius 1 is 1.25 bits per heavy atom. The van der Waals surface area contributed by atoms with Crippen LogP contribution >= 0.6 is 0 Å². The molecule has 0 saturated carbocycles. The van der Waals surface area contributed by atoms with Crippen LogP contribution in [0.5, 0.6) is 5.75 Å². The summed E-state index contributed by atoms with van der Waals surface area (Å²) in [5.74, 6) is -0.235. The molecule has 2 aromatic rings. The van der Waals surface area contributed by atoms with Gasteiger partial charge in [0.25, 0.3) is 11.5 Å². The minimum Gasteiger partial charge on any atom is -0.492 e. The molecule has 2 rings (SSSR count). The fourth-order valence-corrected chi connectivity index (χ4v) is 1.43. The number of benzene rings is 1. The number of hydrogen-bond donors (Lipinski definition) is 2. The maximum Gasteiger partial charge on any atom is 0.271 e. The lowest BCUT2D eigenvalue weighted by atomic mass is 10.3. The molecule has 0 aliphatic heterocycles. The maximum absolute atomic E-state index is 12.7. The number of H-pyrrole nitrogens is 1. The number of carbonyl (C=O) groups is 1. The summed E-state index contributed by atoms with van der Waals surface area (Å²) in [5.41, 5.74) is -0.257.